The van der Waals surface area contributed by atoms with Crippen LogP contribution in [0.15, 0.2) is 42.6 Å². The minimum absolute atomic E-state index is 0.0519. The Morgan fingerprint density at radius 1 is 1.23 bits per heavy atom. The van der Waals surface area contributed by atoms with Crippen molar-refractivity contribution in [3.63, 3.8) is 0 Å². The molecule has 4 rings (SSSR count). The molecule has 30 heavy (non-hydrogen) atoms. The van der Waals surface area contributed by atoms with E-state index in [0.717, 1.165) is 24.5 Å². The minimum atomic E-state index is -0.483. The minimum Gasteiger partial charge on any atom is -0.505 e. The molecule has 0 bridgehead atoms. The van der Waals surface area contributed by atoms with E-state index in [0.29, 0.717) is 29.7 Å². The van der Waals surface area contributed by atoms with Crippen LogP contribution in [0.4, 0.5) is 5.82 Å². The maximum absolute atomic E-state index is 12.7. The second kappa shape index (κ2) is 8.35. The van der Waals surface area contributed by atoms with E-state index in [1.165, 1.54) is 6.20 Å². The SMILES string of the molecule is C[C@H](NC(=O)c1ncc2nc(N3CCOCC3)ccc2c1O)c1ccc(C#N)cc1. The standard InChI is InChI=1S/C22H21N5O3/c1-14(16-4-2-15(12-23)3-5-16)25-22(29)20-21(28)17-6-7-19(26-18(17)13-24-20)27-8-10-30-11-9-27/h2-7,13-14,28H,8-11H2,1H3,(H,25,29)/t14-/m0/s1. The molecule has 0 aliphatic carbocycles. The summed E-state index contributed by atoms with van der Waals surface area (Å²) < 4.78 is 5.36. The quantitative estimate of drug-likeness (QED) is 0.688. The lowest BCUT2D eigenvalue weighted by atomic mass is 10.1. The Morgan fingerprint density at radius 3 is 2.67 bits per heavy atom. The van der Waals surface area contributed by atoms with Crippen LogP contribution in [0.5, 0.6) is 5.75 Å². The number of pyridine rings is 2. The van der Waals surface area contributed by atoms with E-state index in [-0.39, 0.29) is 17.5 Å². The number of carbonyl (C=O) groups excluding carboxylic acids is 1. The van der Waals surface area contributed by atoms with E-state index in [2.05, 4.69) is 26.3 Å². The van der Waals surface area contributed by atoms with Gasteiger partial charge in [-0.15, -0.1) is 0 Å². The average Bonchev–Trinajstić information content (AvgIpc) is 2.79. The summed E-state index contributed by atoms with van der Waals surface area (Å²) in [5.41, 5.74) is 1.87. The molecule has 1 saturated heterocycles. The van der Waals surface area contributed by atoms with Crippen molar-refractivity contribution < 1.29 is 14.6 Å². The third-order valence-corrected chi connectivity index (χ3v) is 5.14. The van der Waals surface area contributed by atoms with Gasteiger partial charge < -0.3 is 20.1 Å². The van der Waals surface area contributed by atoms with Crippen LogP contribution in [-0.2, 0) is 4.74 Å². The molecule has 1 atom stereocenters. The average molecular weight is 403 g/mol. The molecule has 1 fully saturated rings. The van der Waals surface area contributed by atoms with Crippen LogP contribution >= 0.6 is 0 Å². The molecule has 1 aliphatic heterocycles. The molecule has 152 valence electrons. The highest BCUT2D eigenvalue weighted by atomic mass is 16.5. The Labute approximate surface area is 173 Å². The fourth-order valence-electron chi connectivity index (χ4n) is 3.41. The van der Waals surface area contributed by atoms with Gasteiger partial charge in [-0.05, 0) is 36.8 Å². The van der Waals surface area contributed by atoms with Crippen molar-refractivity contribution in [2.45, 2.75) is 13.0 Å². The van der Waals surface area contributed by atoms with Crippen molar-refractivity contribution in [3.05, 3.63) is 59.4 Å². The van der Waals surface area contributed by atoms with Gasteiger partial charge >= 0.3 is 0 Å². The van der Waals surface area contributed by atoms with Crippen LogP contribution in [0.25, 0.3) is 10.9 Å². The van der Waals surface area contributed by atoms with Crippen LogP contribution in [0.2, 0.25) is 0 Å². The number of nitrogens with zero attached hydrogens (tertiary/aromatic N) is 4. The number of morpholine rings is 1. The van der Waals surface area contributed by atoms with Crippen LogP contribution in [0.3, 0.4) is 0 Å². The lowest BCUT2D eigenvalue weighted by Crippen LogP contribution is -2.36. The van der Waals surface area contributed by atoms with E-state index < -0.39 is 5.91 Å². The Morgan fingerprint density at radius 2 is 1.97 bits per heavy atom. The molecular weight excluding hydrogens is 382 g/mol. The Balaban J connectivity index is 1.55. The zero-order chi connectivity index (χ0) is 21.1. The van der Waals surface area contributed by atoms with Gasteiger partial charge in [0.15, 0.2) is 11.4 Å². The molecule has 2 aromatic heterocycles. The van der Waals surface area contributed by atoms with Crippen molar-refractivity contribution in [3.8, 4) is 11.8 Å². The van der Waals surface area contributed by atoms with Gasteiger partial charge in [0.2, 0.25) is 0 Å². The predicted octanol–water partition coefficient (Wildman–Crippen LogP) is 2.53. The molecule has 1 aromatic carbocycles. The number of carbonyl (C=O) groups is 1. The molecular formula is C22H21N5O3. The van der Waals surface area contributed by atoms with E-state index in [4.69, 9.17) is 10.00 Å². The highest BCUT2D eigenvalue weighted by Gasteiger charge is 2.20. The van der Waals surface area contributed by atoms with Crippen molar-refractivity contribution in [2.24, 2.45) is 0 Å². The number of hydrogen-bond donors (Lipinski definition) is 2. The number of nitriles is 1. The first-order chi connectivity index (χ1) is 14.6. The highest BCUT2D eigenvalue weighted by molar-refractivity contribution is 6.01. The third-order valence-electron chi connectivity index (χ3n) is 5.14. The molecule has 8 nitrogen and oxygen atoms in total. The van der Waals surface area contributed by atoms with Gasteiger partial charge in [-0.1, -0.05) is 12.1 Å². The fraction of sp³-hybridized carbons (Fsp3) is 0.273. The van der Waals surface area contributed by atoms with Crippen LogP contribution in [0.1, 0.15) is 34.6 Å². The number of ether oxygens (including phenoxy) is 1. The smallest absolute Gasteiger partial charge is 0.274 e. The van der Waals surface area contributed by atoms with E-state index in [1.807, 2.05) is 13.0 Å². The van der Waals surface area contributed by atoms with Gasteiger partial charge in [0.05, 0.1) is 42.6 Å². The molecule has 0 saturated carbocycles. The van der Waals surface area contributed by atoms with Crippen molar-refractivity contribution in [1.29, 1.82) is 5.26 Å². The number of benzene rings is 1. The largest absolute Gasteiger partial charge is 0.505 e. The third kappa shape index (κ3) is 3.88. The maximum Gasteiger partial charge on any atom is 0.274 e. The maximum atomic E-state index is 12.7. The van der Waals surface area contributed by atoms with E-state index >= 15 is 0 Å². The van der Waals surface area contributed by atoms with Gasteiger partial charge in [-0.3, -0.25) is 4.79 Å². The molecule has 1 amide bonds. The van der Waals surface area contributed by atoms with Crippen molar-refractivity contribution in [2.75, 3.05) is 31.2 Å². The number of nitrogens with one attached hydrogen (secondary N) is 1. The van der Waals surface area contributed by atoms with Crippen LogP contribution in [0, 0.1) is 11.3 Å². The number of amides is 1. The van der Waals surface area contributed by atoms with Gasteiger partial charge in [-0.2, -0.15) is 5.26 Å². The van der Waals surface area contributed by atoms with Gasteiger partial charge in [0, 0.05) is 18.5 Å². The Hall–Kier alpha value is -3.70. The van der Waals surface area contributed by atoms with Gasteiger partial charge in [-0.25, -0.2) is 9.97 Å². The van der Waals surface area contributed by atoms with Crippen molar-refractivity contribution in [1.82, 2.24) is 15.3 Å². The molecule has 2 N–H and O–H groups in total. The Kier molecular flexibility index (Phi) is 5.46. The second-order valence-electron chi connectivity index (χ2n) is 7.09. The number of aromatic nitrogens is 2. The predicted molar refractivity (Wildman–Crippen MR) is 111 cm³/mol. The van der Waals surface area contributed by atoms with Crippen LogP contribution < -0.4 is 10.2 Å². The van der Waals surface area contributed by atoms with E-state index in [1.54, 1.807) is 30.3 Å². The number of hydrogen-bond acceptors (Lipinski definition) is 7. The molecule has 0 unspecified atom stereocenters. The summed E-state index contributed by atoms with van der Waals surface area (Å²) in [6, 6.07) is 12.3. The first kappa shape index (κ1) is 19.6. The number of fused-ring (bicyclic) bond motifs is 1. The number of aromatic hydroxyl groups is 1. The summed E-state index contributed by atoms with van der Waals surface area (Å²) in [7, 11) is 0. The highest BCUT2D eigenvalue weighted by Crippen LogP contribution is 2.28. The number of rotatable bonds is 4. The Bertz CT molecular complexity index is 1120. The summed E-state index contributed by atoms with van der Waals surface area (Å²) in [5.74, 6) is 0.111. The zero-order valence-corrected chi connectivity index (χ0v) is 16.5. The second-order valence-corrected chi connectivity index (χ2v) is 7.09. The van der Waals surface area contributed by atoms with Gasteiger partial charge in [0.25, 0.3) is 5.91 Å². The molecule has 3 heterocycles. The molecule has 8 heteroatoms. The molecule has 0 radical (unpaired) electrons. The number of anilines is 1. The summed E-state index contributed by atoms with van der Waals surface area (Å²) in [5, 5.41) is 22.8. The molecule has 1 aliphatic rings. The molecule has 0 spiro atoms. The normalized spacial score (nSPS) is 14.9. The first-order valence-corrected chi connectivity index (χ1v) is 9.69. The van der Waals surface area contributed by atoms with E-state index in [9.17, 15) is 9.90 Å². The monoisotopic (exact) mass is 403 g/mol. The molecule has 3 aromatic rings. The first-order valence-electron chi connectivity index (χ1n) is 9.69. The fourth-order valence-corrected chi connectivity index (χ4v) is 3.41. The lowest BCUT2D eigenvalue weighted by molar-refractivity contribution is 0.0932. The summed E-state index contributed by atoms with van der Waals surface area (Å²) >= 11 is 0. The van der Waals surface area contributed by atoms with Crippen LogP contribution in [-0.4, -0.2) is 47.3 Å². The summed E-state index contributed by atoms with van der Waals surface area (Å²) in [6.07, 6.45) is 1.50. The summed E-state index contributed by atoms with van der Waals surface area (Å²) in [6.45, 7) is 4.64. The zero-order valence-electron chi connectivity index (χ0n) is 16.5. The van der Waals surface area contributed by atoms with Gasteiger partial charge in [0.1, 0.15) is 5.82 Å². The lowest BCUT2D eigenvalue weighted by Gasteiger charge is -2.27. The summed E-state index contributed by atoms with van der Waals surface area (Å²) in [4.78, 5) is 23.5. The van der Waals surface area contributed by atoms with Crippen molar-refractivity contribution >= 4 is 22.6 Å². The topological polar surface area (TPSA) is 111 Å².